The summed E-state index contributed by atoms with van der Waals surface area (Å²) in [5.41, 5.74) is 2.86. The molecule has 0 bridgehead atoms. The first-order chi connectivity index (χ1) is 13.9. The predicted octanol–water partition coefficient (Wildman–Crippen LogP) is 1.98. The summed E-state index contributed by atoms with van der Waals surface area (Å²) in [6.45, 7) is 4.81. The Morgan fingerprint density at radius 1 is 1.34 bits per heavy atom. The number of carbonyl (C=O) groups excluding carboxylic acids is 3. The molecule has 1 atom stereocenters. The van der Waals surface area contributed by atoms with Gasteiger partial charge < -0.3 is 19.9 Å². The highest BCUT2D eigenvalue weighted by molar-refractivity contribution is 6.00. The van der Waals surface area contributed by atoms with Crippen LogP contribution in [0.2, 0.25) is 0 Å². The molecule has 0 radical (unpaired) electrons. The van der Waals surface area contributed by atoms with Crippen LogP contribution in [0.5, 0.6) is 0 Å². The van der Waals surface area contributed by atoms with Crippen LogP contribution in [-0.2, 0) is 16.1 Å². The third kappa shape index (κ3) is 4.47. The van der Waals surface area contributed by atoms with Crippen LogP contribution >= 0.6 is 0 Å². The number of aromatic nitrogens is 2. The molecule has 2 N–H and O–H groups in total. The van der Waals surface area contributed by atoms with Gasteiger partial charge in [0.25, 0.3) is 5.91 Å². The number of pyridine rings is 1. The molecule has 2 aromatic rings. The summed E-state index contributed by atoms with van der Waals surface area (Å²) in [7, 11) is 1.31. The number of piperidine rings is 1. The van der Waals surface area contributed by atoms with Crippen LogP contribution in [-0.4, -0.2) is 52.9 Å². The van der Waals surface area contributed by atoms with Crippen LogP contribution in [0.3, 0.4) is 0 Å². The van der Waals surface area contributed by atoms with Crippen molar-refractivity contribution in [3.8, 4) is 0 Å². The van der Waals surface area contributed by atoms with E-state index in [0.29, 0.717) is 42.1 Å². The smallest absolute Gasteiger partial charge is 0.339 e. The number of hydrogen-bond acceptors (Lipinski definition) is 5. The van der Waals surface area contributed by atoms with Crippen molar-refractivity contribution in [2.75, 3.05) is 20.2 Å². The quantitative estimate of drug-likeness (QED) is 0.750. The van der Waals surface area contributed by atoms with Crippen LogP contribution in [0.25, 0.3) is 0 Å². The molecule has 2 aromatic heterocycles. The Labute approximate surface area is 169 Å². The summed E-state index contributed by atoms with van der Waals surface area (Å²) < 4.78 is 4.81. The van der Waals surface area contributed by atoms with Crippen molar-refractivity contribution in [1.29, 1.82) is 0 Å². The zero-order chi connectivity index (χ0) is 21.0. The molecule has 154 valence electrons. The Bertz CT molecular complexity index is 907. The molecule has 0 spiro atoms. The van der Waals surface area contributed by atoms with Gasteiger partial charge in [0.05, 0.1) is 18.6 Å². The van der Waals surface area contributed by atoms with E-state index >= 15 is 0 Å². The van der Waals surface area contributed by atoms with Crippen LogP contribution in [0.4, 0.5) is 0 Å². The molecule has 0 saturated carbocycles. The Morgan fingerprint density at radius 2 is 2.14 bits per heavy atom. The van der Waals surface area contributed by atoms with Gasteiger partial charge in [-0.1, -0.05) is 6.07 Å². The zero-order valence-electron chi connectivity index (χ0n) is 16.9. The fourth-order valence-electron chi connectivity index (χ4n) is 3.74. The molecule has 29 heavy (non-hydrogen) atoms. The molecule has 0 unspecified atom stereocenters. The van der Waals surface area contributed by atoms with Gasteiger partial charge in [-0.3, -0.25) is 14.6 Å². The first kappa shape index (κ1) is 20.6. The van der Waals surface area contributed by atoms with Crippen LogP contribution in [0.1, 0.15) is 50.5 Å². The van der Waals surface area contributed by atoms with Gasteiger partial charge in [0.1, 0.15) is 5.69 Å². The van der Waals surface area contributed by atoms with Gasteiger partial charge in [-0.05, 0) is 43.9 Å². The van der Waals surface area contributed by atoms with Gasteiger partial charge in [-0.2, -0.15) is 0 Å². The normalized spacial score (nSPS) is 16.4. The summed E-state index contributed by atoms with van der Waals surface area (Å²) in [6, 6.07) is 3.73. The SMILES string of the molecule is COC(=O)c1c(C)[nH]c(C(=O)N2CCC[C@@H](C(=O)NCc3cccnc3)C2)c1C. The summed E-state index contributed by atoms with van der Waals surface area (Å²) >= 11 is 0. The summed E-state index contributed by atoms with van der Waals surface area (Å²) in [5.74, 6) is -1.01. The largest absolute Gasteiger partial charge is 0.465 e. The lowest BCUT2D eigenvalue weighted by Gasteiger charge is -2.32. The van der Waals surface area contributed by atoms with Crippen molar-refractivity contribution in [2.24, 2.45) is 5.92 Å². The number of hydrogen-bond donors (Lipinski definition) is 2. The minimum absolute atomic E-state index is 0.0685. The Hall–Kier alpha value is -3.16. The Balaban J connectivity index is 1.66. The lowest BCUT2D eigenvalue weighted by atomic mass is 9.96. The molecule has 3 rings (SSSR count). The van der Waals surface area contributed by atoms with Gasteiger partial charge in [0.15, 0.2) is 0 Å². The van der Waals surface area contributed by atoms with E-state index in [1.807, 2.05) is 12.1 Å². The molecular formula is C21H26N4O4. The second kappa shape index (κ2) is 8.89. The van der Waals surface area contributed by atoms with Crippen LogP contribution in [0, 0.1) is 19.8 Å². The number of carbonyl (C=O) groups is 3. The highest BCUT2D eigenvalue weighted by Crippen LogP contribution is 2.23. The van der Waals surface area contributed by atoms with Crippen LogP contribution < -0.4 is 5.32 Å². The van der Waals surface area contributed by atoms with E-state index in [9.17, 15) is 14.4 Å². The number of ether oxygens (including phenoxy) is 1. The van der Waals surface area contributed by atoms with Gasteiger partial charge in [-0.25, -0.2) is 4.79 Å². The number of nitrogens with zero attached hydrogens (tertiary/aromatic N) is 2. The molecule has 0 aromatic carbocycles. The molecular weight excluding hydrogens is 372 g/mol. The predicted molar refractivity (Wildman–Crippen MR) is 106 cm³/mol. The fraction of sp³-hybridized carbons (Fsp3) is 0.429. The lowest BCUT2D eigenvalue weighted by molar-refractivity contribution is -0.126. The molecule has 0 aliphatic carbocycles. The third-order valence-electron chi connectivity index (χ3n) is 5.31. The Kier molecular flexibility index (Phi) is 6.31. The van der Waals surface area contributed by atoms with Crippen molar-refractivity contribution in [3.05, 3.63) is 52.6 Å². The first-order valence-electron chi connectivity index (χ1n) is 9.65. The van der Waals surface area contributed by atoms with E-state index < -0.39 is 5.97 Å². The van der Waals surface area contributed by atoms with E-state index in [2.05, 4.69) is 15.3 Å². The molecule has 8 heteroatoms. The number of aromatic amines is 1. The molecule has 1 aliphatic heterocycles. The van der Waals surface area contributed by atoms with Gasteiger partial charge in [-0.15, -0.1) is 0 Å². The number of rotatable bonds is 5. The second-order valence-electron chi connectivity index (χ2n) is 7.29. The number of likely N-dealkylation sites (tertiary alicyclic amines) is 1. The van der Waals surface area contributed by atoms with Gasteiger partial charge in [0, 0.05) is 37.7 Å². The van der Waals surface area contributed by atoms with E-state index in [0.717, 1.165) is 18.4 Å². The maximum Gasteiger partial charge on any atom is 0.339 e. The minimum Gasteiger partial charge on any atom is -0.465 e. The number of amides is 2. The van der Waals surface area contributed by atoms with Crippen molar-refractivity contribution >= 4 is 17.8 Å². The summed E-state index contributed by atoms with van der Waals surface area (Å²) in [5, 5.41) is 2.93. The topological polar surface area (TPSA) is 104 Å². The molecule has 1 saturated heterocycles. The molecule has 1 aliphatic rings. The lowest BCUT2D eigenvalue weighted by Crippen LogP contribution is -2.45. The molecule has 8 nitrogen and oxygen atoms in total. The van der Waals surface area contributed by atoms with Crippen molar-refractivity contribution in [2.45, 2.75) is 33.2 Å². The average molecular weight is 398 g/mol. The van der Waals surface area contributed by atoms with Crippen molar-refractivity contribution in [3.63, 3.8) is 0 Å². The number of H-pyrrole nitrogens is 1. The molecule has 2 amide bonds. The van der Waals surface area contributed by atoms with Crippen molar-refractivity contribution < 1.29 is 19.1 Å². The number of esters is 1. The maximum atomic E-state index is 13.0. The maximum absolute atomic E-state index is 13.0. The average Bonchev–Trinajstić information content (AvgIpc) is 3.05. The van der Waals surface area contributed by atoms with E-state index in [1.165, 1.54) is 7.11 Å². The molecule has 3 heterocycles. The van der Waals surface area contributed by atoms with Crippen molar-refractivity contribution in [1.82, 2.24) is 20.2 Å². The second-order valence-corrected chi connectivity index (χ2v) is 7.29. The monoisotopic (exact) mass is 398 g/mol. The standard InChI is InChI=1S/C21H26N4O4/c1-13-17(21(28)29-3)14(2)24-18(13)20(27)25-9-5-7-16(12-25)19(26)23-11-15-6-4-8-22-10-15/h4,6,8,10,16,24H,5,7,9,11-12H2,1-3H3,(H,23,26)/t16-/m1/s1. The zero-order valence-corrected chi connectivity index (χ0v) is 16.9. The van der Waals surface area contributed by atoms with Crippen LogP contribution in [0.15, 0.2) is 24.5 Å². The van der Waals surface area contributed by atoms with E-state index in [4.69, 9.17) is 4.74 Å². The van der Waals surface area contributed by atoms with E-state index in [1.54, 1.807) is 31.1 Å². The molecule has 1 fully saturated rings. The third-order valence-corrected chi connectivity index (χ3v) is 5.31. The minimum atomic E-state index is -0.471. The van der Waals surface area contributed by atoms with Gasteiger partial charge in [0.2, 0.25) is 5.91 Å². The van der Waals surface area contributed by atoms with Gasteiger partial charge >= 0.3 is 5.97 Å². The number of aryl methyl sites for hydroxylation is 1. The number of nitrogens with one attached hydrogen (secondary N) is 2. The fourth-order valence-corrected chi connectivity index (χ4v) is 3.74. The first-order valence-corrected chi connectivity index (χ1v) is 9.65. The summed E-state index contributed by atoms with van der Waals surface area (Å²) in [4.78, 5) is 46.3. The van der Waals surface area contributed by atoms with E-state index in [-0.39, 0.29) is 17.7 Å². The number of methoxy groups -OCH3 is 1. The Morgan fingerprint density at radius 3 is 2.83 bits per heavy atom. The summed E-state index contributed by atoms with van der Waals surface area (Å²) in [6.07, 6.45) is 4.89. The highest BCUT2D eigenvalue weighted by Gasteiger charge is 2.31. The highest BCUT2D eigenvalue weighted by atomic mass is 16.5.